The molecule has 2 rings (SSSR count). The van der Waals surface area contributed by atoms with Crippen LogP contribution in [0.3, 0.4) is 0 Å². The first-order valence-corrected chi connectivity index (χ1v) is 7.12. The van der Waals surface area contributed by atoms with Crippen molar-refractivity contribution in [2.75, 3.05) is 19.7 Å². The number of ether oxygens (including phenoxy) is 1. The fourth-order valence-electron chi connectivity index (χ4n) is 2.00. The van der Waals surface area contributed by atoms with Gasteiger partial charge < -0.3 is 15.4 Å². The third-order valence-electron chi connectivity index (χ3n) is 3.05. The van der Waals surface area contributed by atoms with E-state index in [9.17, 15) is 14.4 Å². The molecule has 1 atom stereocenters. The number of amides is 2. The molecular weight excluding hydrogens is 282 g/mol. The third kappa shape index (κ3) is 2.96. The van der Waals surface area contributed by atoms with Gasteiger partial charge in [-0.2, -0.15) is 0 Å². The van der Waals surface area contributed by atoms with Crippen molar-refractivity contribution in [2.45, 2.75) is 13.3 Å². The zero-order valence-corrected chi connectivity index (χ0v) is 11.8. The lowest BCUT2D eigenvalue weighted by molar-refractivity contribution is -0.121. The summed E-state index contributed by atoms with van der Waals surface area (Å²) in [6.07, 6.45) is 0.565. The number of hydrogen-bond donors (Lipinski definition) is 1. The first kappa shape index (κ1) is 14.4. The summed E-state index contributed by atoms with van der Waals surface area (Å²) in [6.45, 7) is 2.74. The Morgan fingerprint density at radius 1 is 1.55 bits per heavy atom. The van der Waals surface area contributed by atoms with Gasteiger partial charge in [0, 0.05) is 18.5 Å². The van der Waals surface area contributed by atoms with Gasteiger partial charge in [-0.05, 0) is 13.3 Å². The Kier molecular flexibility index (Phi) is 4.33. The molecule has 0 bridgehead atoms. The lowest BCUT2D eigenvalue weighted by Gasteiger charge is -2.13. The van der Waals surface area contributed by atoms with Crippen molar-refractivity contribution < 1.29 is 19.1 Å². The number of rotatable bonds is 4. The van der Waals surface area contributed by atoms with Crippen LogP contribution in [-0.4, -0.2) is 47.4 Å². The van der Waals surface area contributed by atoms with Gasteiger partial charge in [0.05, 0.1) is 12.5 Å². The number of aromatic nitrogens is 1. The van der Waals surface area contributed by atoms with E-state index in [1.54, 1.807) is 6.92 Å². The van der Waals surface area contributed by atoms with Gasteiger partial charge in [0.25, 0.3) is 5.91 Å². The number of nitrogens with zero attached hydrogens (tertiary/aromatic N) is 2. The Balaban J connectivity index is 2.03. The normalized spacial score (nSPS) is 18.1. The van der Waals surface area contributed by atoms with E-state index in [-0.39, 0.29) is 29.1 Å². The molecule has 1 saturated heterocycles. The maximum atomic E-state index is 12.2. The Morgan fingerprint density at radius 2 is 2.30 bits per heavy atom. The summed E-state index contributed by atoms with van der Waals surface area (Å²) in [5, 5.41) is 1.67. The number of thiazole rings is 1. The predicted molar refractivity (Wildman–Crippen MR) is 71.3 cm³/mol. The fraction of sp³-hybridized carbons (Fsp3) is 0.500. The summed E-state index contributed by atoms with van der Waals surface area (Å²) in [5.74, 6) is -1.53. The van der Waals surface area contributed by atoms with Gasteiger partial charge in [0.15, 0.2) is 0 Å². The standard InChI is InChI=1S/C12H15N3O4S/c1-2-19-12(18)10-14-8(6-20-10)11(17)15-4-3-7(5-15)9(13)16/h6-7H,2-5H2,1H3,(H2,13,16). The van der Waals surface area contributed by atoms with E-state index in [1.807, 2.05) is 0 Å². The predicted octanol–water partition coefficient (Wildman–Crippen LogP) is 0.267. The van der Waals surface area contributed by atoms with Crippen LogP contribution < -0.4 is 5.73 Å². The summed E-state index contributed by atoms with van der Waals surface area (Å²) in [7, 11) is 0. The maximum Gasteiger partial charge on any atom is 0.367 e. The van der Waals surface area contributed by atoms with Crippen molar-refractivity contribution in [3.8, 4) is 0 Å². The second kappa shape index (κ2) is 6.00. The monoisotopic (exact) mass is 297 g/mol. The summed E-state index contributed by atoms with van der Waals surface area (Å²) < 4.78 is 4.82. The first-order valence-electron chi connectivity index (χ1n) is 6.24. The van der Waals surface area contributed by atoms with Crippen LogP contribution in [0.4, 0.5) is 0 Å². The molecule has 108 valence electrons. The number of likely N-dealkylation sites (tertiary alicyclic amines) is 1. The Labute approximate surface area is 119 Å². The molecular formula is C12H15N3O4S. The Hall–Kier alpha value is -1.96. The van der Waals surface area contributed by atoms with Crippen molar-refractivity contribution in [3.05, 3.63) is 16.1 Å². The van der Waals surface area contributed by atoms with E-state index >= 15 is 0 Å². The van der Waals surface area contributed by atoms with Crippen LogP contribution in [0.1, 0.15) is 33.6 Å². The summed E-state index contributed by atoms with van der Waals surface area (Å²) >= 11 is 1.07. The second-order valence-corrected chi connectivity index (χ2v) is 5.26. The highest BCUT2D eigenvalue weighted by atomic mass is 32.1. The quantitative estimate of drug-likeness (QED) is 0.803. The first-order chi connectivity index (χ1) is 9.52. The van der Waals surface area contributed by atoms with E-state index in [1.165, 1.54) is 10.3 Å². The van der Waals surface area contributed by atoms with Crippen LogP contribution in [0.5, 0.6) is 0 Å². The van der Waals surface area contributed by atoms with E-state index in [2.05, 4.69) is 4.98 Å². The molecule has 1 unspecified atom stereocenters. The molecule has 2 amide bonds. The molecule has 1 aromatic heterocycles. The number of nitrogens with two attached hydrogens (primary N) is 1. The van der Waals surface area contributed by atoms with Gasteiger partial charge in [-0.15, -0.1) is 11.3 Å². The minimum absolute atomic E-state index is 0.154. The average Bonchev–Trinajstić information content (AvgIpc) is 3.08. The molecule has 2 N–H and O–H groups in total. The SMILES string of the molecule is CCOC(=O)c1nc(C(=O)N2CCC(C(N)=O)C2)cs1. The highest BCUT2D eigenvalue weighted by molar-refractivity contribution is 7.11. The minimum atomic E-state index is -0.534. The molecule has 1 aromatic rings. The average molecular weight is 297 g/mol. The van der Waals surface area contributed by atoms with Crippen molar-refractivity contribution in [1.29, 1.82) is 0 Å². The lowest BCUT2D eigenvalue weighted by Crippen LogP contribution is -2.32. The molecule has 0 saturated carbocycles. The molecule has 1 aliphatic rings. The highest BCUT2D eigenvalue weighted by Crippen LogP contribution is 2.19. The van der Waals surface area contributed by atoms with Crippen LogP contribution in [0.2, 0.25) is 0 Å². The summed E-state index contributed by atoms with van der Waals surface area (Å²) in [4.78, 5) is 40.2. The zero-order chi connectivity index (χ0) is 14.7. The summed E-state index contributed by atoms with van der Waals surface area (Å²) in [5.41, 5.74) is 5.42. The van der Waals surface area contributed by atoms with Gasteiger partial charge in [0.1, 0.15) is 5.69 Å². The van der Waals surface area contributed by atoms with E-state index in [0.29, 0.717) is 19.5 Å². The number of carbonyl (C=O) groups excluding carboxylic acids is 3. The topological polar surface area (TPSA) is 103 Å². The fourth-order valence-corrected chi connectivity index (χ4v) is 2.68. The van der Waals surface area contributed by atoms with Crippen LogP contribution in [0, 0.1) is 5.92 Å². The minimum Gasteiger partial charge on any atom is -0.461 e. The zero-order valence-electron chi connectivity index (χ0n) is 11.0. The van der Waals surface area contributed by atoms with Gasteiger partial charge in [-0.1, -0.05) is 0 Å². The molecule has 0 radical (unpaired) electrons. The number of hydrogen-bond acceptors (Lipinski definition) is 6. The third-order valence-corrected chi connectivity index (χ3v) is 3.87. The van der Waals surface area contributed by atoms with Gasteiger partial charge in [0.2, 0.25) is 10.9 Å². The lowest BCUT2D eigenvalue weighted by atomic mass is 10.1. The van der Waals surface area contributed by atoms with Gasteiger partial charge in [-0.3, -0.25) is 9.59 Å². The van der Waals surface area contributed by atoms with Crippen LogP contribution in [0.15, 0.2) is 5.38 Å². The largest absolute Gasteiger partial charge is 0.461 e. The maximum absolute atomic E-state index is 12.2. The molecule has 20 heavy (non-hydrogen) atoms. The van der Waals surface area contributed by atoms with Gasteiger partial charge in [-0.25, -0.2) is 9.78 Å². The molecule has 0 aromatic carbocycles. The Bertz CT molecular complexity index is 543. The molecule has 7 nitrogen and oxygen atoms in total. The molecule has 2 heterocycles. The molecule has 0 spiro atoms. The van der Waals surface area contributed by atoms with Crippen LogP contribution in [-0.2, 0) is 9.53 Å². The smallest absolute Gasteiger partial charge is 0.367 e. The number of primary amides is 1. The molecule has 1 aliphatic heterocycles. The Morgan fingerprint density at radius 3 is 2.90 bits per heavy atom. The van der Waals surface area contributed by atoms with Crippen molar-refractivity contribution in [3.63, 3.8) is 0 Å². The van der Waals surface area contributed by atoms with Crippen molar-refractivity contribution in [1.82, 2.24) is 9.88 Å². The molecule has 8 heteroatoms. The van der Waals surface area contributed by atoms with Crippen molar-refractivity contribution >= 4 is 29.1 Å². The van der Waals surface area contributed by atoms with Crippen LogP contribution in [0.25, 0.3) is 0 Å². The number of carbonyl (C=O) groups is 3. The van der Waals surface area contributed by atoms with E-state index < -0.39 is 11.9 Å². The van der Waals surface area contributed by atoms with E-state index in [4.69, 9.17) is 10.5 Å². The summed E-state index contributed by atoms with van der Waals surface area (Å²) in [6, 6.07) is 0. The van der Waals surface area contributed by atoms with Gasteiger partial charge >= 0.3 is 5.97 Å². The second-order valence-electron chi connectivity index (χ2n) is 4.40. The number of esters is 1. The molecule has 0 aliphatic carbocycles. The van der Waals surface area contributed by atoms with E-state index in [0.717, 1.165) is 11.3 Å². The van der Waals surface area contributed by atoms with Crippen molar-refractivity contribution in [2.24, 2.45) is 11.7 Å². The molecule has 1 fully saturated rings. The van der Waals surface area contributed by atoms with Crippen LogP contribution >= 0.6 is 11.3 Å². The highest BCUT2D eigenvalue weighted by Gasteiger charge is 2.31.